The van der Waals surface area contributed by atoms with Crippen molar-refractivity contribution in [2.45, 2.75) is 12.5 Å². The molecule has 1 amide bonds. The Balaban J connectivity index is 2.82. The molecule has 0 fully saturated rings. The van der Waals surface area contributed by atoms with E-state index in [-0.39, 0.29) is 11.3 Å². The second-order valence-corrected chi connectivity index (χ2v) is 4.14. The van der Waals surface area contributed by atoms with Crippen molar-refractivity contribution < 1.29 is 29.6 Å². The van der Waals surface area contributed by atoms with E-state index in [0.717, 1.165) is 6.92 Å². The van der Waals surface area contributed by atoms with Crippen LogP contribution in [0.5, 0.6) is 11.5 Å². The van der Waals surface area contributed by atoms with Crippen molar-refractivity contribution in [2.75, 3.05) is 13.7 Å². The molecule has 4 N–H and O–H groups in total. The lowest BCUT2D eigenvalue weighted by Gasteiger charge is -2.18. The van der Waals surface area contributed by atoms with Crippen LogP contribution in [0.2, 0.25) is 0 Å². The fourth-order valence-electron chi connectivity index (χ4n) is 1.25. The highest BCUT2D eigenvalue weighted by atomic mass is 16.5. The summed E-state index contributed by atoms with van der Waals surface area (Å²) in [5.74, 6) is -2.07. The average Bonchev–Trinajstić information content (AvgIpc) is 2.36. The van der Waals surface area contributed by atoms with Crippen molar-refractivity contribution in [2.24, 2.45) is 0 Å². The zero-order valence-electron chi connectivity index (χ0n) is 10.5. The van der Waals surface area contributed by atoms with Crippen molar-refractivity contribution in [3.05, 3.63) is 23.8 Å². The molecule has 0 spiro atoms. The van der Waals surface area contributed by atoms with Crippen LogP contribution in [-0.4, -0.2) is 46.5 Å². The molecule has 1 aromatic carbocycles. The number of carboxylic acids is 1. The van der Waals surface area contributed by atoms with Crippen LogP contribution in [0.1, 0.15) is 17.3 Å². The quantitative estimate of drug-likeness (QED) is 0.596. The Morgan fingerprint density at radius 1 is 1.42 bits per heavy atom. The van der Waals surface area contributed by atoms with Gasteiger partial charge in [-0.1, -0.05) is 0 Å². The van der Waals surface area contributed by atoms with E-state index >= 15 is 0 Å². The molecule has 7 nitrogen and oxygen atoms in total. The second kappa shape index (κ2) is 5.57. The van der Waals surface area contributed by atoms with Crippen molar-refractivity contribution in [3.8, 4) is 11.5 Å². The van der Waals surface area contributed by atoms with Crippen molar-refractivity contribution in [3.63, 3.8) is 0 Å². The zero-order valence-corrected chi connectivity index (χ0v) is 10.5. The van der Waals surface area contributed by atoms with Crippen molar-refractivity contribution >= 4 is 11.9 Å². The molecule has 104 valence electrons. The zero-order chi connectivity index (χ0) is 14.6. The van der Waals surface area contributed by atoms with Gasteiger partial charge in [0, 0.05) is 0 Å². The van der Waals surface area contributed by atoms with Crippen molar-refractivity contribution in [1.82, 2.24) is 5.32 Å². The van der Waals surface area contributed by atoms with Gasteiger partial charge in [0.2, 0.25) is 0 Å². The number of nitrogens with one attached hydrogen (secondary N) is 1. The molecule has 1 rings (SSSR count). The number of phenolic OH excluding ortho intramolecular Hbond substituents is 1. The molecule has 0 bridgehead atoms. The highest BCUT2D eigenvalue weighted by Gasteiger charge is 2.30. The van der Waals surface area contributed by atoms with Crippen LogP contribution in [0.15, 0.2) is 18.2 Å². The van der Waals surface area contributed by atoms with E-state index in [0.29, 0.717) is 5.75 Å². The van der Waals surface area contributed by atoms with Gasteiger partial charge < -0.3 is 25.4 Å². The van der Waals surface area contributed by atoms with Crippen LogP contribution in [0, 0.1) is 0 Å². The van der Waals surface area contributed by atoms with Crippen LogP contribution >= 0.6 is 0 Å². The Labute approximate surface area is 109 Å². The van der Waals surface area contributed by atoms with Crippen molar-refractivity contribution in [1.29, 1.82) is 0 Å². The Hall–Kier alpha value is -2.28. The molecular weight excluding hydrogens is 254 g/mol. The van der Waals surface area contributed by atoms with E-state index < -0.39 is 24.0 Å². The summed E-state index contributed by atoms with van der Waals surface area (Å²) in [6.07, 6.45) is 0. The second-order valence-electron chi connectivity index (χ2n) is 4.14. The van der Waals surface area contributed by atoms with E-state index in [1.165, 1.54) is 25.3 Å². The molecule has 1 unspecified atom stereocenters. The molecule has 19 heavy (non-hydrogen) atoms. The number of aliphatic carboxylic acids is 1. The number of ether oxygens (including phenoxy) is 1. The van der Waals surface area contributed by atoms with E-state index in [4.69, 9.17) is 9.84 Å². The predicted molar refractivity (Wildman–Crippen MR) is 65.3 cm³/mol. The highest BCUT2D eigenvalue weighted by Crippen LogP contribution is 2.22. The summed E-state index contributed by atoms with van der Waals surface area (Å²) in [7, 11) is 1.41. The first-order valence-corrected chi connectivity index (χ1v) is 5.39. The number of amides is 1. The minimum atomic E-state index is -2.08. The fraction of sp³-hybridized carbons (Fsp3) is 0.333. The molecule has 7 heteroatoms. The fourth-order valence-corrected chi connectivity index (χ4v) is 1.25. The normalized spacial score (nSPS) is 13.4. The molecule has 1 atom stereocenters. The smallest absolute Gasteiger partial charge is 0.337 e. The van der Waals surface area contributed by atoms with E-state index in [1.54, 1.807) is 0 Å². The molecule has 0 saturated carbocycles. The third-order valence-electron chi connectivity index (χ3n) is 2.50. The number of methoxy groups -OCH3 is 1. The Morgan fingerprint density at radius 3 is 2.58 bits per heavy atom. The summed E-state index contributed by atoms with van der Waals surface area (Å²) in [6, 6.07) is 4.06. The first-order chi connectivity index (χ1) is 8.77. The molecule has 0 saturated heterocycles. The van der Waals surface area contributed by atoms with Crippen LogP contribution in [0.3, 0.4) is 0 Å². The standard InChI is InChI=1S/C12H15NO6/c1-12(18,11(16)17)6-13-10(15)8-5-7(19-2)3-4-9(8)14/h3-5,14,18H,6H2,1-2H3,(H,13,15)(H,16,17). The van der Waals surface area contributed by atoms with E-state index in [1.807, 2.05) is 0 Å². The Bertz CT molecular complexity index is 497. The SMILES string of the molecule is COc1ccc(O)c(C(=O)NCC(C)(O)C(=O)O)c1. The number of carbonyl (C=O) groups is 2. The summed E-state index contributed by atoms with van der Waals surface area (Å²) >= 11 is 0. The summed E-state index contributed by atoms with van der Waals surface area (Å²) in [5, 5.41) is 29.9. The molecule has 1 aromatic rings. The molecular formula is C12H15NO6. The summed E-state index contributed by atoms with van der Waals surface area (Å²) in [4.78, 5) is 22.4. The number of carboxylic acid groups (broad SMARTS) is 1. The average molecular weight is 269 g/mol. The first-order valence-electron chi connectivity index (χ1n) is 5.39. The summed E-state index contributed by atoms with van der Waals surface area (Å²) in [5.41, 5.74) is -2.15. The third kappa shape index (κ3) is 3.59. The van der Waals surface area contributed by atoms with Gasteiger partial charge in [-0.05, 0) is 25.1 Å². The maximum absolute atomic E-state index is 11.8. The summed E-state index contributed by atoms with van der Waals surface area (Å²) < 4.78 is 4.91. The number of benzene rings is 1. The van der Waals surface area contributed by atoms with Crippen LogP contribution in [0.25, 0.3) is 0 Å². The van der Waals surface area contributed by atoms with Gasteiger partial charge in [-0.3, -0.25) is 4.79 Å². The maximum atomic E-state index is 11.8. The van der Waals surface area contributed by atoms with Gasteiger partial charge in [-0.25, -0.2) is 4.79 Å². The van der Waals surface area contributed by atoms with Crippen LogP contribution in [0.4, 0.5) is 0 Å². The number of rotatable bonds is 5. The highest BCUT2D eigenvalue weighted by molar-refractivity contribution is 5.97. The molecule has 0 heterocycles. The lowest BCUT2D eigenvalue weighted by atomic mass is 10.1. The number of hydrogen-bond acceptors (Lipinski definition) is 5. The molecule has 0 aliphatic rings. The largest absolute Gasteiger partial charge is 0.507 e. The maximum Gasteiger partial charge on any atom is 0.337 e. The topological polar surface area (TPSA) is 116 Å². The van der Waals surface area contributed by atoms with Gasteiger partial charge in [0.1, 0.15) is 11.5 Å². The van der Waals surface area contributed by atoms with E-state index in [9.17, 15) is 19.8 Å². The van der Waals surface area contributed by atoms with Crippen LogP contribution in [-0.2, 0) is 4.79 Å². The Kier molecular flexibility index (Phi) is 4.34. The monoisotopic (exact) mass is 269 g/mol. The molecule has 0 radical (unpaired) electrons. The van der Waals surface area contributed by atoms with Gasteiger partial charge in [-0.2, -0.15) is 0 Å². The van der Waals surface area contributed by atoms with E-state index in [2.05, 4.69) is 5.32 Å². The van der Waals surface area contributed by atoms with Crippen LogP contribution < -0.4 is 10.1 Å². The van der Waals surface area contributed by atoms with Gasteiger partial charge in [-0.15, -0.1) is 0 Å². The lowest BCUT2D eigenvalue weighted by Crippen LogP contribution is -2.46. The third-order valence-corrected chi connectivity index (χ3v) is 2.50. The number of aromatic hydroxyl groups is 1. The lowest BCUT2D eigenvalue weighted by molar-refractivity contribution is -0.155. The minimum absolute atomic E-state index is 0.0689. The van der Waals surface area contributed by atoms with Gasteiger partial charge in [0.05, 0.1) is 19.2 Å². The van der Waals surface area contributed by atoms with Gasteiger partial charge >= 0.3 is 5.97 Å². The predicted octanol–water partition coefficient (Wildman–Crippen LogP) is -0.0338. The molecule has 0 aliphatic heterocycles. The molecule has 0 aliphatic carbocycles. The van der Waals surface area contributed by atoms with Gasteiger partial charge in [0.25, 0.3) is 5.91 Å². The molecule has 0 aromatic heterocycles. The first kappa shape index (κ1) is 14.8. The number of hydrogen-bond donors (Lipinski definition) is 4. The number of phenols is 1. The number of carbonyl (C=O) groups excluding carboxylic acids is 1. The van der Waals surface area contributed by atoms with Gasteiger partial charge in [0.15, 0.2) is 5.60 Å². The minimum Gasteiger partial charge on any atom is -0.507 e. The summed E-state index contributed by atoms with van der Waals surface area (Å²) in [6.45, 7) is 0.568. The number of aliphatic hydroxyl groups is 1. The Morgan fingerprint density at radius 2 is 2.05 bits per heavy atom.